The monoisotopic (exact) mass is 330 g/mol. The molecule has 2 rings (SSSR count). The largest absolute Gasteiger partial charge is 0.458 e. The van der Waals surface area contributed by atoms with Crippen LogP contribution in [-0.4, -0.2) is 11.7 Å². The number of Topliss-reactive ketones (excluding diaryl/α,β-unsaturated/α-hetero) is 1. The smallest absolute Gasteiger partial charge is 0.249 e. The van der Waals surface area contributed by atoms with Crippen LogP contribution < -0.4 is 5.32 Å². The maximum absolute atomic E-state index is 12.4. The van der Waals surface area contributed by atoms with Crippen molar-refractivity contribution in [1.82, 2.24) is 0 Å². The van der Waals surface area contributed by atoms with Crippen LogP contribution in [0.5, 0.6) is 0 Å². The first-order valence-electron chi connectivity index (χ1n) is 7.05. The average Bonchev–Trinajstić information content (AvgIpc) is 2.89. The molecule has 2 aromatic rings. The van der Waals surface area contributed by atoms with Crippen LogP contribution in [-0.2, 0) is 11.2 Å². The first-order valence-corrected chi connectivity index (χ1v) is 7.43. The van der Waals surface area contributed by atoms with Crippen LogP contribution in [0.2, 0.25) is 5.02 Å². The number of nitriles is 1. The summed E-state index contributed by atoms with van der Waals surface area (Å²) in [7, 11) is 0. The number of aryl methyl sites for hydroxylation is 2. The van der Waals surface area contributed by atoms with Crippen molar-refractivity contribution in [3.8, 4) is 6.07 Å². The number of nitrogens with one attached hydrogen (secondary N) is 1. The van der Waals surface area contributed by atoms with Gasteiger partial charge in [0.25, 0.3) is 0 Å². The van der Waals surface area contributed by atoms with E-state index in [0.717, 1.165) is 5.56 Å². The van der Waals surface area contributed by atoms with E-state index in [1.54, 1.807) is 30.3 Å². The number of carbonyl (C=O) groups excluding carboxylic acids is 2. The molecule has 0 saturated carbocycles. The van der Waals surface area contributed by atoms with Gasteiger partial charge in [-0.05, 0) is 36.8 Å². The van der Waals surface area contributed by atoms with E-state index in [1.807, 2.05) is 13.8 Å². The second-order valence-electron chi connectivity index (χ2n) is 5.00. The first kappa shape index (κ1) is 16.8. The molecule has 0 radical (unpaired) electrons. The van der Waals surface area contributed by atoms with E-state index in [-0.39, 0.29) is 5.76 Å². The molecule has 0 fully saturated rings. The van der Waals surface area contributed by atoms with Gasteiger partial charge in [0.1, 0.15) is 5.76 Å². The fraction of sp³-hybridized carbons (Fsp3) is 0.235. The minimum absolute atomic E-state index is 0.0205. The lowest BCUT2D eigenvalue weighted by Crippen LogP contribution is -2.28. The van der Waals surface area contributed by atoms with E-state index in [0.29, 0.717) is 22.9 Å². The highest BCUT2D eigenvalue weighted by atomic mass is 35.5. The van der Waals surface area contributed by atoms with Crippen LogP contribution in [0, 0.1) is 24.2 Å². The lowest BCUT2D eigenvalue weighted by atomic mass is 10.0. The molecule has 0 aliphatic heterocycles. The van der Waals surface area contributed by atoms with E-state index in [4.69, 9.17) is 16.0 Å². The van der Waals surface area contributed by atoms with Crippen molar-refractivity contribution < 1.29 is 14.0 Å². The van der Waals surface area contributed by atoms with E-state index in [9.17, 15) is 14.9 Å². The molecule has 0 bridgehead atoms. The standard InChI is InChI=1S/C17H15ClN2O3/c1-3-14-10(2)7-15(23-14)16(21)13(9-19)17(22)20-12-6-4-5-11(18)8-12/h4-8,13H,3H2,1-2H3,(H,20,22)/t13-/m0/s1. The Hall–Kier alpha value is -2.58. The highest BCUT2D eigenvalue weighted by Crippen LogP contribution is 2.20. The van der Waals surface area contributed by atoms with Crippen molar-refractivity contribution in [2.75, 3.05) is 5.32 Å². The fourth-order valence-electron chi connectivity index (χ4n) is 2.15. The zero-order valence-corrected chi connectivity index (χ0v) is 13.5. The average molecular weight is 331 g/mol. The van der Waals surface area contributed by atoms with Crippen molar-refractivity contribution in [3.05, 3.63) is 52.4 Å². The summed E-state index contributed by atoms with van der Waals surface area (Å²) in [4.78, 5) is 24.5. The number of carbonyl (C=O) groups is 2. The Bertz CT molecular complexity index is 789. The highest BCUT2D eigenvalue weighted by Gasteiger charge is 2.30. The summed E-state index contributed by atoms with van der Waals surface area (Å²) in [5.74, 6) is -2.17. The van der Waals surface area contributed by atoms with Crippen LogP contribution >= 0.6 is 11.6 Å². The van der Waals surface area contributed by atoms with Gasteiger partial charge in [0, 0.05) is 17.1 Å². The summed E-state index contributed by atoms with van der Waals surface area (Å²) >= 11 is 5.84. The molecule has 0 aliphatic rings. The summed E-state index contributed by atoms with van der Waals surface area (Å²) < 4.78 is 5.43. The van der Waals surface area contributed by atoms with Crippen molar-refractivity contribution in [2.24, 2.45) is 5.92 Å². The summed E-state index contributed by atoms with van der Waals surface area (Å²) in [6.07, 6.45) is 0.630. The molecule has 1 aromatic heterocycles. The van der Waals surface area contributed by atoms with Gasteiger partial charge in [-0.15, -0.1) is 0 Å². The minimum Gasteiger partial charge on any atom is -0.458 e. The van der Waals surface area contributed by atoms with Gasteiger partial charge in [-0.2, -0.15) is 5.26 Å². The van der Waals surface area contributed by atoms with E-state index in [1.165, 1.54) is 6.07 Å². The second-order valence-corrected chi connectivity index (χ2v) is 5.43. The maximum Gasteiger partial charge on any atom is 0.249 e. The Morgan fingerprint density at radius 3 is 2.70 bits per heavy atom. The van der Waals surface area contributed by atoms with Crippen LogP contribution in [0.3, 0.4) is 0 Å². The molecular formula is C17H15ClN2O3. The zero-order valence-electron chi connectivity index (χ0n) is 12.7. The number of hydrogen-bond acceptors (Lipinski definition) is 4. The second kappa shape index (κ2) is 7.12. The molecule has 1 amide bonds. The third-order valence-electron chi connectivity index (χ3n) is 3.33. The molecule has 1 heterocycles. The molecular weight excluding hydrogens is 316 g/mol. The Morgan fingerprint density at radius 1 is 1.39 bits per heavy atom. The number of halogens is 1. The number of ketones is 1. The Kier molecular flexibility index (Phi) is 5.20. The van der Waals surface area contributed by atoms with Gasteiger partial charge < -0.3 is 9.73 Å². The fourth-order valence-corrected chi connectivity index (χ4v) is 2.34. The lowest BCUT2D eigenvalue weighted by molar-refractivity contribution is -0.117. The molecule has 1 N–H and O–H groups in total. The molecule has 23 heavy (non-hydrogen) atoms. The van der Waals surface area contributed by atoms with Gasteiger partial charge in [-0.25, -0.2) is 0 Å². The Labute approximate surface area is 138 Å². The van der Waals surface area contributed by atoms with Crippen molar-refractivity contribution >= 4 is 29.0 Å². The van der Waals surface area contributed by atoms with Gasteiger partial charge in [-0.1, -0.05) is 24.6 Å². The van der Waals surface area contributed by atoms with Crippen LogP contribution in [0.25, 0.3) is 0 Å². The number of benzene rings is 1. The summed E-state index contributed by atoms with van der Waals surface area (Å²) in [6, 6.07) is 9.75. The summed E-state index contributed by atoms with van der Waals surface area (Å²) in [5.41, 5.74) is 1.24. The lowest BCUT2D eigenvalue weighted by Gasteiger charge is -2.08. The molecule has 0 spiro atoms. The van der Waals surface area contributed by atoms with Gasteiger partial charge in [-0.3, -0.25) is 9.59 Å². The third-order valence-corrected chi connectivity index (χ3v) is 3.57. The molecule has 0 saturated heterocycles. The van der Waals surface area contributed by atoms with Crippen LogP contribution in [0.1, 0.15) is 28.8 Å². The van der Waals surface area contributed by atoms with Gasteiger partial charge >= 0.3 is 0 Å². The SMILES string of the molecule is CCc1oc(C(=O)[C@H](C#N)C(=O)Nc2cccc(Cl)c2)cc1C. The molecule has 6 heteroatoms. The molecule has 1 aromatic carbocycles. The zero-order chi connectivity index (χ0) is 17.0. The molecule has 0 unspecified atom stereocenters. The number of anilines is 1. The molecule has 5 nitrogen and oxygen atoms in total. The summed E-state index contributed by atoms with van der Waals surface area (Å²) in [6.45, 7) is 3.71. The minimum atomic E-state index is -1.48. The number of hydrogen-bond donors (Lipinski definition) is 1. The summed E-state index contributed by atoms with van der Waals surface area (Å²) in [5, 5.41) is 12.1. The predicted octanol–water partition coefficient (Wildman–Crippen LogP) is 3.77. The third kappa shape index (κ3) is 3.79. The van der Waals surface area contributed by atoms with E-state index in [2.05, 4.69) is 5.32 Å². The number of furan rings is 1. The predicted molar refractivity (Wildman–Crippen MR) is 86.3 cm³/mol. The van der Waals surface area contributed by atoms with Crippen LogP contribution in [0.15, 0.2) is 34.7 Å². The quantitative estimate of drug-likeness (QED) is 0.668. The van der Waals surface area contributed by atoms with Crippen molar-refractivity contribution in [3.63, 3.8) is 0 Å². The number of nitrogens with zero attached hydrogens (tertiary/aromatic N) is 1. The topological polar surface area (TPSA) is 83.1 Å². The van der Waals surface area contributed by atoms with Gasteiger partial charge in [0.15, 0.2) is 11.7 Å². The first-order chi connectivity index (χ1) is 11.0. The highest BCUT2D eigenvalue weighted by molar-refractivity contribution is 6.31. The number of rotatable bonds is 5. The number of amides is 1. The van der Waals surface area contributed by atoms with E-state index < -0.39 is 17.6 Å². The molecule has 1 atom stereocenters. The Balaban J connectivity index is 2.19. The maximum atomic E-state index is 12.4. The van der Waals surface area contributed by atoms with Crippen LogP contribution in [0.4, 0.5) is 5.69 Å². The van der Waals surface area contributed by atoms with Crippen molar-refractivity contribution in [2.45, 2.75) is 20.3 Å². The Morgan fingerprint density at radius 2 is 2.13 bits per heavy atom. The van der Waals surface area contributed by atoms with E-state index >= 15 is 0 Å². The van der Waals surface area contributed by atoms with Gasteiger partial charge in [0.05, 0.1) is 6.07 Å². The molecule has 0 aliphatic carbocycles. The van der Waals surface area contributed by atoms with Crippen molar-refractivity contribution in [1.29, 1.82) is 5.26 Å². The van der Waals surface area contributed by atoms with Gasteiger partial charge in [0.2, 0.25) is 11.7 Å². The molecule has 118 valence electrons. The normalized spacial score (nSPS) is 11.6.